The molecule has 29 heavy (non-hydrogen) atoms. The van der Waals surface area contributed by atoms with Crippen molar-refractivity contribution in [3.8, 4) is 11.5 Å². The van der Waals surface area contributed by atoms with E-state index in [4.69, 9.17) is 9.47 Å². The smallest absolute Gasteiger partial charge is 0.284 e. The number of ether oxygens (including phenoxy) is 2. The molecule has 0 radical (unpaired) electrons. The molecule has 3 rings (SSSR count). The lowest BCUT2D eigenvalue weighted by Gasteiger charge is -2.10. The lowest BCUT2D eigenvalue weighted by molar-refractivity contribution is -0.387. The number of carbonyl (C=O) groups excluding carboxylic acids is 1. The zero-order valence-electron chi connectivity index (χ0n) is 15.8. The van der Waals surface area contributed by atoms with Crippen molar-refractivity contribution in [1.29, 1.82) is 0 Å². The molecule has 1 amide bonds. The summed E-state index contributed by atoms with van der Waals surface area (Å²) in [5.41, 5.74) is 0.376. The first-order valence-electron chi connectivity index (χ1n) is 8.26. The first kappa shape index (κ1) is 20.1. The molecule has 0 aliphatic heterocycles. The second kappa shape index (κ2) is 8.61. The summed E-state index contributed by atoms with van der Waals surface area (Å²) >= 11 is 1.09. The van der Waals surface area contributed by atoms with Crippen molar-refractivity contribution in [2.75, 3.05) is 19.5 Å². The molecule has 1 heterocycles. The largest absolute Gasteiger partial charge is 0.497 e. The van der Waals surface area contributed by atoms with Crippen LogP contribution in [0, 0.1) is 10.1 Å². The monoisotopic (exact) mass is 415 g/mol. The van der Waals surface area contributed by atoms with Crippen LogP contribution in [0.2, 0.25) is 0 Å². The van der Waals surface area contributed by atoms with Gasteiger partial charge in [-0.05, 0) is 23.9 Å². The van der Waals surface area contributed by atoms with Gasteiger partial charge < -0.3 is 19.4 Å². The molecule has 150 valence electrons. The second-order valence-corrected chi connectivity index (χ2v) is 6.83. The fourth-order valence-corrected chi connectivity index (χ4v) is 3.28. The van der Waals surface area contributed by atoms with Crippen LogP contribution < -0.4 is 14.8 Å². The molecule has 0 spiro atoms. The Morgan fingerprint density at radius 1 is 1.17 bits per heavy atom. The Kier molecular flexibility index (Phi) is 5.98. The molecule has 0 atom stereocenters. The molecule has 3 aromatic rings. The number of anilines is 1. The van der Waals surface area contributed by atoms with Crippen LogP contribution >= 0.6 is 11.8 Å². The number of carbonyl (C=O) groups is 1. The predicted octanol–water partition coefficient (Wildman–Crippen LogP) is 3.14. The van der Waals surface area contributed by atoms with E-state index in [0.29, 0.717) is 27.2 Å². The molecule has 10 nitrogen and oxygen atoms in total. The highest BCUT2D eigenvalue weighted by atomic mass is 32.2. The van der Waals surface area contributed by atoms with E-state index in [1.165, 1.54) is 38.7 Å². The molecule has 0 bridgehead atoms. The number of nitro benzene ring substituents is 1. The molecule has 0 fully saturated rings. The molecule has 2 aromatic carbocycles. The van der Waals surface area contributed by atoms with Crippen LogP contribution in [0.5, 0.6) is 11.5 Å². The van der Waals surface area contributed by atoms with Crippen molar-refractivity contribution in [2.24, 2.45) is 7.05 Å². The number of nitrogens with one attached hydrogen (secondary N) is 1. The molecule has 0 saturated carbocycles. The van der Waals surface area contributed by atoms with Gasteiger partial charge in [-0.1, -0.05) is 0 Å². The Morgan fingerprint density at radius 2 is 1.86 bits per heavy atom. The van der Waals surface area contributed by atoms with Crippen molar-refractivity contribution in [1.82, 2.24) is 14.8 Å². The minimum absolute atomic E-state index is 0.140. The van der Waals surface area contributed by atoms with Gasteiger partial charge in [0, 0.05) is 42.6 Å². The third-order valence-electron chi connectivity index (χ3n) is 3.90. The molecular weight excluding hydrogens is 398 g/mol. The Bertz CT molecular complexity index is 1050. The quantitative estimate of drug-likeness (QED) is 0.461. The van der Waals surface area contributed by atoms with Gasteiger partial charge in [-0.15, -0.1) is 10.2 Å². The van der Waals surface area contributed by atoms with Gasteiger partial charge in [-0.2, -0.15) is 0 Å². The number of nitrogens with zero attached hydrogens (tertiary/aromatic N) is 4. The number of hydrogen-bond acceptors (Lipinski definition) is 8. The summed E-state index contributed by atoms with van der Waals surface area (Å²) in [7, 11) is 4.73. The van der Waals surface area contributed by atoms with Crippen molar-refractivity contribution in [3.63, 3.8) is 0 Å². The van der Waals surface area contributed by atoms with Gasteiger partial charge in [0.2, 0.25) is 0 Å². The number of aryl methyl sites for hydroxylation is 1. The Labute approximate surface area is 170 Å². The van der Waals surface area contributed by atoms with E-state index in [1.54, 1.807) is 29.8 Å². The molecular formula is C18H17N5O5S. The van der Waals surface area contributed by atoms with E-state index in [2.05, 4.69) is 15.5 Å². The summed E-state index contributed by atoms with van der Waals surface area (Å²) in [6, 6.07) is 9.15. The molecule has 0 aliphatic rings. The maximum Gasteiger partial charge on any atom is 0.284 e. The van der Waals surface area contributed by atoms with Crippen LogP contribution in [0.15, 0.2) is 52.8 Å². The lowest BCUT2D eigenvalue weighted by Crippen LogP contribution is -2.12. The van der Waals surface area contributed by atoms with Crippen molar-refractivity contribution in [3.05, 3.63) is 58.4 Å². The number of rotatable bonds is 7. The summed E-state index contributed by atoms with van der Waals surface area (Å²) in [4.78, 5) is 24.0. The van der Waals surface area contributed by atoms with Crippen LogP contribution in [-0.4, -0.2) is 39.8 Å². The highest BCUT2D eigenvalue weighted by Gasteiger charge is 2.20. The number of nitro groups is 1. The maximum atomic E-state index is 12.6. The van der Waals surface area contributed by atoms with E-state index in [1.807, 2.05) is 0 Å². The third kappa shape index (κ3) is 4.63. The van der Waals surface area contributed by atoms with Gasteiger partial charge in [-0.3, -0.25) is 14.9 Å². The normalized spacial score (nSPS) is 10.4. The average Bonchev–Trinajstić information content (AvgIpc) is 3.12. The highest BCUT2D eigenvalue weighted by molar-refractivity contribution is 7.99. The van der Waals surface area contributed by atoms with Gasteiger partial charge in [0.15, 0.2) is 5.16 Å². The average molecular weight is 415 g/mol. The highest BCUT2D eigenvalue weighted by Crippen LogP contribution is 2.34. The SMILES string of the molecule is COc1cc(NC(=O)c2ccc(Sc3nncn3C)c([N+](=O)[O-])c2)cc(OC)c1. The molecule has 0 saturated heterocycles. The fraction of sp³-hybridized carbons (Fsp3) is 0.167. The Balaban J connectivity index is 1.87. The van der Waals surface area contributed by atoms with Gasteiger partial charge >= 0.3 is 0 Å². The van der Waals surface area contributed by atoms with Gasteiger partial charge in [-0.25, -0.2) is 0 Å². The van der Waals surface area contributed by atoms with Crippen molar-refractivity contribution < 1.29 is 19.2 Å². The van der Waals surface area contributed by atoms with Crippen LogP contribution in [0.3, 0.4) is 0 Å². The molecule has 0 unspecified atom stereocenters. The summed E-state index contributed by atoms with van der Waals surface area (Å²) in [5, 5.41) is 22.4. The summed E-state index contributed by atoms with van der Waals surface area (Å²) in [6.45, 7) is 0. The molecule has 1 N–H and O–H groups in total. The number of benzene rings is 2. The number of aromatic nitrogens is 3. The van der Waals surface area contributed by atoms with Gasteiger partial charge in [0.1, 0.15) is 17.8 Å². The van der Waals surface area contributed by atoms with Gasteiger partial charge in [0.05, 0.1) is 24.0 Å². The Hall–Kier alpha value is -3.60. The van der Waals surface area contributed by atoms with Crippen molar-refractivity contribution in [2.45, 2.75) is 10.1 Å². The zero-order chi connectivity index (χ0) is 21.0. The Morgan fingerprint density at radius 3 is 2.41 bits per heavy atom. The maximum absolute atomic E-state index is 12.6. The summed E-state index contributed by atoms with van der Waals surface area (Å²) in [6.07, 6.45) is 1.50. The van der Waals surface area contributed by atoms with Crippen LogP contribution in [0.1, 0.15) is 10.4 Å². The zero-order valence-corrected chi connectivity index (χ0v) is 16.6. The number of amides is 1. The lowest BCUT2D eigenvalue weighted by atomic mass is 10.2. The molecule has 1 aromatic heterocycles. The minimum atomic E-state index is -0.538. The second-order valence-electron chi connectivity index (χ2n) is 5.82. The molecule has 11 heteroatoms. The molecule has 0 aliphatic carbocycles. The van der Waals surface area contributed by atoms with Crippen LogP contribution in [0.4, 0.5) is 11.4 Å². The summed E-state index contributed by atoms with van der Waals surface area (Å²) in [5.74, 6) is 0.501. The summed E-state index contributed by atoms with van der Waals surface area (Å²) < 4.78 is 12.0. The van der Waals surface area contributed by atoms with E-state index >= 15 is 0 Å². The van der Waals surface area contributed by atoms with Gasteiger partial charge in [0.25, 0.3) is 11.6 Å². The van der Waals surface area contributed by atoms with E-state index < -0.39 is 10.8 Å². The predicted molar refractivity (Wildman–Crippen MR) is 106 cm³/mol. The van der Waals surface area contributed by atoms with Crippen LogP contribution in [0.25, 0.3) is 0 Å². The first-order valence-corrected chi connectivity index (χ1v) is 9.07. The number of methoxy groups -OCH3 is 2. The topological polar surface area (TPSA) is 121 Å². The van der Waals surface area contributed by atoms with Crippen LogP contribution in [-0.2, 0) is 7.05 Å². The third-order valence-corrected chi connectivity index (χ3v) is 5.02. The fourth-order valence-electron chi connectivity index (χ4n) is 2.43. The first-order chi connectivity index (χ1) is 13.9. The van der Waals surface area contributed by atoms with Crippen molar-refractivity contribution >= 4 is 29.0 Å². The standard InChI is InChI=1S/C18H17N5O5S/c1-22-10-19-21-18(22)29-16-5-4-11(6-15(16)23(25)26)17(24)20-12-7-13(27-2)9-14(8-12)28-3/h4-10H,1-3H3,(H,20,24). The minimum Gasteiger partial charge on any atom is -0.497 e. The van der Waals surface area contributed by atoms with E-state index in [9.17, 15) is 14.9 Å². The van der Waals surface area contributed by atoms with E-state index in [0.717, 1.165) is 11.8 Å². The number of hydrogen-bond donors (Lipinski definition) is 1. The van der Waals surface area contributed by atoms with E-state index in [-0.39, 0.29) is 11.3 Å².